The first-order chi connectivity index (χ1) is 15.2. The number of carbonyl (C=O) groups is 1. The predicted molar refractivity (Wildman–Crippen MR) is 129 cm³/mol. The van der Waals surface area contributed by atoms with Crippen LogP contribution in [0.2, 0.25) is 10.0 Å². The quantitative estimate of drug-likeness (QED) is 0.466. The van der Waals surface area contributed by atoms with Crippen molar-refractivity contribution in [3.63, 3.8) is 0 Å². The van der Waals surface area contributed by atoms with Gasteiger partial charge in [0.2, 0.25) is 26.0 Å². The summed E-state index contributed by atoms with van der Waals surface area (Å²) in [6.07, 6.45) is 0.981. The average molecular weight is 538 g/mol. The number of amides is 1. The van der Waals surface area contributed by atoms with E-state index in [0.29, 0.717) is 5.75 Å². The Hall–Kier alpha value is -2.05. The molecular formula is C20H25Cl2N3O6S2. The Morgan fingerprint density at radius 3 is 2.06 bits per heavy atom. The highest BCUT2D eigenvalue weighted by atomic mass is 35.5. The summed E-state index contributed by atoms with van der Waals surface area (Å²) in [4.78, 5) is 12.7. The third-order valence-corrected chi connectivity index (χ3v) is 7.97. The maximum Gasteiger partial charge on any atom is 0.243 e. The zero-order valence-electron chi connectivity index (χ0n) is 18.4. The van der Waals surface area contributed by atoms with Crippen LogP contribution in [-0.4, -0.2) is 66.6 Å². The maximum absolute atomic E-state index is 12.6. The van der Waals surface area contributed by atoms with Crippen molar-refractivity contribution in [2.24, 2.45) is 0 Å². The van der Waals surface area contributed by atoms with Crippen LogP contribution in [0.15, 0.2) is 47.4 Å². The van der Waals surface area contributed by atoms with Crippen molar-refractivity contribution in [1.29, 1.82) is 0 Å². The number of carbonyl (C=O) groups excluding carboxylic acids is 1. The highest BCUT2D eigenvalue weighted by Gasteiger charge is 2.29. The molecule has 0 aliphatic rings. The number of hydrogen-bond acceptors (Lipinski definition) is 6. The van der Waals surface area contributed by atoms with Crippen LogP contribution >= 0.6 is 23.2 Å². The molecule has 0 aliphatic heterocycles. The van der Waals surface area contributed by atoms with Gasteiger partial charge >= 0.3 is 0 Å². The molecule has 0 heterocycles. The van der Waals surface area contributed by atoms with Gasteiger partial charge in [-0.25, -0.2) is 21.1 Å². The van der Waals surface area contributed by atoms with Crippen molar-refractivity contribution in [1.82, 2.24) is 9.62 Å². The number of nitrogens with one attached hydrogen (secondary N) is 1. The Balaban J connectivity index is 1.99. The lowest BCUT2D eigenvalue weighted by Gasteiger charge is -2.28. The number of halogens is 2. The number of sulfonamides is 2. The molecule has 182 valence electrons. The van der Waals surface area contributed by atoms with Gasteiger partial charge in [-0.15, -0.1) is 0 Å². The van der Waals surface area contributed by atoms with Crippen molar-refractivity contribution < 1.29 is 26.4 Å². The van der Waals surface area contributed by atoms with Crippen LogP contribution in [0.5, 0.6) is 5.75 Å². The molecule has 0 unspecified atom stereocenters. The minimum Gasteiger partial charge on any atom is -0.492 e. The molecule has 0 radical (unpaired) electrons. The Morgan fingerprint density at radius 2 is 1.58 bits per heavy atom. The van der Waals surface area contributed by atoms with Gasteiger partial charge in [-0.3, -0.25) is 9.10 Å². The Kier molecular flexibility index (Phi) is 9.00. The Morgan fingerprint density at radius 1 is 1.03 bits per heavy atom. The minimum absolute atomic E-state index is 0.0834. The van der Waals surface area contributed by atoms with E-state index >= 15 is 0 Å². The predicted octanol–water partition coefficient (Wildman–Crippen LogP) is 2.59. The average Bonchev–Trinajstić information content (AvgIpc) is 2.69. The third-order valence-electron chi connectivity index (χ3n) is 4.46. The molecule has 2 aromatic carbocycles. The van der Waals surface area contributed by atoms with E-state index in [2.05, 4.69) is 5.32 Å². The molecule has 1 atom stereocenters. The van der Waals surface area contributed by atoms with Crippen LogP contribution in [0.3, 0.4) is 0 Å². The summed E-state index contributed by atoms with van der Waals surface area (Å²) in [5, 5.41) is 3.08. The van der Waals surface area contributed by atoms with Crippen molar-refractivity contribution in [2.45, 2.75) is 17.9 Å². The maximum atomic E-state index is 12.6. The Labute approximate surface area is 204 Å². The Bertz CT molecular complexity index is 1180. The number of ether oxygens (including phenoxy) is 1. The lowest BCUT2D eigenvalue weighted by molar-refractivity contribution is -0.121. The summed E-state index contributed by atoms with van der Waals surface area (Å²) in [5.41, 5.74) is 0.168. The molecule has 0 aromatic heterocycles. The van der Waals surface area contributed by atoms with Crippen LogP contribution in [0.1, 0.15) is 6.92 Å². The van der Waals surface area contributed by atoms with Crippen LogP contribution in [0, 0.1) is 0 Å². The fourth-order valence-corrected chi connectivity index (χ4v) is 5.46. The highest BCUT2D eigenvalue weighted by molar-refractivity contribution is 7.92. The molecule has 0 bridgehead atoms. The lowest BCUT2D eigenvalue weighted by atomic mass is 10.2. The van der Waals surface area contributed by atoms with Gasteiger partial charge in [0, 0.05) is 24.1 Å². The van der Waals surface area contributed by atoms with Crippen molar-refractivity contribution >= 4 is 54.8 Å². The van der Waals surface area contributed by atoms with E-state index in [1.165, 1.54) is 63.5 Å². The normalized spacial score (nSPS) is 12.9. The monoisotopic (exact) mass is 537 g/mol. The number of nitrogens with zero attached hydrogens (tertiary/aromatic N) is 2. The number of benzene rings is 2. The summed E-state index contributed by atoms with van der Waals surface area (Å²) in [6.45, 7) is 1.62. The molecular weight excluding hydrogens is 513 g/mol. The highest BCUT2D eigenvalue weighted by Crippen LogP contribution is 2.28. The second-order valence-electron chi connectivity index (χ2n) is 7.26. The summed E-state index contributed by atoms with van der Waals surface area (Å²) in [7, 11) is -4.48. The van der Waals surface area contributed by atoms with Gasteiger partial charge in [-0.1, -0.05) is 23.2 Å². The van der Waals surface area contributed by atoms with Crippen LogP contribution < -0.4 is 14.4 Å². The van der Waals surface area contributed by atoms with Gasteiger partial charge in [0.1, 0.15) is 18.4 Å². The first kappa shape index (κ1) is 27.2. The molecule has 2 aromatic rings. The molecule has 2 rings (SSSR count). The van der Waals surface area contributed by atoms with E-state index < -0.39 is 32.0 Å². The summed E-state index contributed by atoms with van der Waals surface area (Å²) in [6, 6.07) is 9.05. The van der Waals surface area contributed by atoms with Gasteiger partial charge in [0.15, 0.2) is 0 Å². The molecule has 13 heteroatoms. The van der Waals surface area contributed by atoms with Gasteiger partial charge in [-0.2, -0.15) is 0 Å². The van der Waals surface area contributed by atoms with Crippen LogP contribution in [0.4, 0.5) is 5.69 Å². The number of hydrogen-bond donors (Lipinski definition) is 1. The molecule has 1 N–H and O–H groups in total. The molecule has 33 heavy (non-hydrogen) atoms. The zero-order valence-corrected chi connectivity index (χ0v) is 21.6. The lowest BCUT2D eigenvalue weighted by Crippen LogP contribution is -2.48. The summed E-state index contributed by atoms with van der Waals surface area (Å²) in [5.74, 6) is -0.131. The van der Waals surface area contributed by atoms with Crippen molar-refractivity contribution in [3.05, 3.63) is 52.5 Å². The second-order valence-corrected chi connectivity index (χ2v) is 12.1. The SMILES string of the molecule is C[C@@H](C(=O)NCCOc1ccc(S(=O)(=O)N(C)C)cc1)N(c1cc(Cl)cc(Cl)c1)S(C)(=O)=O. The van der Waals surface area contributed by atoms with Gasteiger partial charge in [-0.05, 0) is 49.4 Å². The third kappa shape index (κ3) is 7.21. The molecule has 1 amide bonds. The van der Waals surface area contributed by atoms with Crippen molar-refractivity contribution in [2.75, 3.05) is 37.8 Å². The van der Waals surface area contributed by atoms with Crippen molar-refractivity contribution in [3.8, 4) is 5.75 Å². The summed E-state index contributed by atoms with van der Waals surface area (Å²) >= 11 is 12.0. The van der Waals surface area contributed by atoms with E-state index in [1.54, 1.807) is 0 Å². The van der Waals surface area contributed by atoms with Gasteiger partial charge in [0.25, 0.3) is 0 Å². The fourth-order valence-electron chi connectivity index (χ4n) is 2.88. The minimum atomic E-state index is -3.82. The topological polar surface area (TPSA) is 113 Å². The van der Waals surface area contributed by atoms with Gasteiger partial charge < -0.3 is 10.1 Å². The second kappa shape index (κ2) is 10.9. The molecule has 0 saturated carbocycles. The molecule has 0 spiro atoms. The van der Waals surface area contributed by atoms with E-state index in [4.69, 9.17) is 27.9 Å². The molecule has 0 fully saturated rings. The molecule has 0 saturated heterocycles. The molecule has 0 aliphatic carbocycles. The first-order valence-electron chi connectivity index (χ1n) is 9.62. The summed E-state index contributed by atoms with van der Waals surface area (Å²) < 4.78 is 56.4. The zero-order chi connectivity index (χ0) is 25.0. The van der Waals surface area contributed by atoms with Gasteiger partial charge in [0.05, 0.1) is 23.4 Å². The number of rotatable bonds is 10. The first-order valence-corrected chi connectivity index (χ1v) is 13.7. The molecule has 9 nitrogen and oxygen atoms in total. The van der Waals surface area contributed by atoms with E-state index in [1.807, 2.05) is 0 Å². The van der Waals surface area contributed by atoms with E-state index in [9.17, 15) is 21.6 Å². The van der Waals surface area contributed by atoms with Crippen LogP contribution in [-0.2, 0) is 24.8 Å². The number of anilines is 1. The van der Waals surface area contributed by atoms with E-state index in [-0.39, 0.29) is 33.8 Å². The fraction of sp³-hybridized carbons (Fsp3) is 0.350. The smallest absolute Gasteiger partial charge is 0.243 e. The van der Waals surface area contributed by atoms with E-state index in [0.717, 1.165) is 14.9 Å². The standard InChI is InChI=1S/C20H25Cl2N3O6S2/c1-14(25(32(4,27)28)17-12-15(21)11-16(22)13-17)20(26)23-9-10-31-18-5-7-19(8-6-18)33(29,30)24(2)3/h5-8,11-14H,9-10H2,1-4H3,(H,23,26)/t14-/m0/s1. The van der Waals surface area contributed by atoms with Crippen LogP contribution in [0.25, 0.3) is 0 Å². The largest absolute Gasteiger partial charge is 0.492 e.